The van der Waals surface area contributed by atoms with Crippen LogP contribution in [-0.2, 0) is 9.59 Å². The number of para-hydroxylation sites is 1. The molecule has 0 bridgehead atoms. The van der Waals surface area contributed by atoms with Crippen LogP contribution in [0.2, 0.25) is 0 Å². The summed E-state index contributed by atoms with van der Waals surface area (Å²) < 4.78 is 0. The number of hydrogen-bond donors (Lipinski definition) is 2. The number of Topliss-reactive ketones (excluding diaryl/α,β-unsaturated/α-hetero) is 1. The molecule has 2 amide bonds. The number of rotatable bonds is 3. The zero-order valence-corrected chi connectivity index (χ0v) is 11.7. The van der Waals surface area contributed by atoms with Crippen molar-refractivity contribution in [3.05, 3.63) is 42.5 Å². The van der Waals surface area contributed by atoms with Crippen molar-refractivity contribution in [1.82, 2.24) is 5.32 Å². The normalized spacial score (nSPS) is 29.6. The molecule has 1 saturated carbocycles. The van der Waals surface area contributed by atoms with Crippen LogP contribution in [0.5, 0.6) is 0 Å². The Hall–Kier alpha value is -2.43. The Morgan fingerprint density at radius 1 is 1.43 bits per heavy atom. The first-order chi connectivity index (χ1) is 10.0. The zero-order chi connectivity index (χ0) is 15.2. The van der Waals surface area contributed by atoms with E-state index in [1.165, 1.54) is 0 Å². The number of carbonyl (C=O) groups is 3. The topological polar surface area (TPSA) is 75.3 Å². The summed E-state index contributed by atoms with van der Waals surface area (Å²) in [6.45, 7) is 5.55. The molecule has 0 saturated heterocycles. The maximum Gasteiger partial charge on any atom is 0.229 e. The summed E-state index contributed by atoms with van der Waals surface area (Å²) in [6.07, 6.45) is 1.57. The molecule has 1 unspecified atom stereocenters. The molecular weight excluding hydrogens is 268 g/mol. The number of nitrogens with one attached hydrogen (secondary N) is 2. The van der Waals surface area contributed by atoms with E-state index in [4.69, 9.17) is 0 Å². The first-order valence-electron chi connectivity index (χ1n) is 6.85. The van der Waals surface area contributed by atoms with Crippen molar-refractivity contribution in [1.29, 1.82) is 0 Å². The van der Waals surface area contributed by atoms with Gasteiger partial charge in [-0.1, -0.05) is 25.1 Å². The van der Waals surface area contributed by atoms with Gasteiger partial charge in [0.15, 0.2) is 5.78 Å². The molecule has 1 aliphatic carbocycles. The summed E-state index contributed by atoms with van der Waals surface area (Å²) in [7, 11) is 0. The minimum atomic E-state index is -0.956. The van der Waals surface area contributed by atoms with E-state index in [-0.39, 0.29) is 17.6 Å². The monoisotopic (exact) mass is 284 g/mol. The van der Waals surface area contributed by atoms with Gasteiger partial charge in [0.05, 0.1) is 22.9 Å². The second-order valence-corrected chi connectivity index (χ2v) is 5.64. The number of benzene rings is 1. The number of fused-ring (bicyclic) bond motifs is 2. The molecular formula is C16H16N2O3. The molecule has 5 nitrogen and oxygen atoms in total. The molecule has 0 radical (unpaired) electrons. The lowest BCUT2D eigenvalue weighted by molar-refractivity contribution is -0.125. The summed E-state index contributed by atoms with van der Waals surface area (Å²) in [6, 6.07) is 6.90. The predicted octanol–water partition coefficient (Wildman–Crippen LogP) is 1.38. The zero-order valence-electron chi connectivity index (χ0n) is 11.7. The largest absolute Gasteiger partial charge is 0.352 e. The van der Waals surface area contributed by atoms with Gasteiger partial charge in [-0.15, -0.1) is 6.58 Å². The Balaban J connectivity index is 1.97. The van der Waals surface area contributed by atoms with Crippen LogP contribution in [0, 0.1) is 17.3 Å². The Morgan fingerprint density at radius 3 is 2.86 bits per heavy atom. The molecule has 2 aliphatic rings. The first-order valence-corrected chi connectivity index (χ1v) is 6.85. The summed E-state index contributed by atoms with van der Waals surface area (Å²) in [4.78, 5) is 37.2. The third-order valence-electron chi connectivity index (χ3n) is 4.42. The van der Waals surface area contributed by atoms with E-state index in [1.54, 1.807) is 37.3 Å². The van der Waals surface area contributed by atoms with Gasteiger partial charge in [-0.3, -0.25) is 14.4 Å². The van der Waals surface area contributed by atoms with E-state index in [0.717, 1.165) is 0 Å². The molecule has 5 heteroatoms. The van der Waals surface area contributed by atoms with Crippen LogP contribution in [0.4, 0.5) is 5.69 Å². The average molecular weight is 284 g/mol. The first kappa shape index (κ1) is 13.5. The molecule has 0 aromatic heterocycles. The van der Waals surface area contributed by atoms with E-state index < -0.39 is 17.3 Å². The number of anilines is 1. The number of amides is 2. The molecule has 1 aliphatic heterocycles. The minimum absolute atomic E-state index is 0.153. The Morgan fingerprint density at radius 2 is 2.14 bits per heavy atom. The number of ketones is 1. The van der Waals surface area contributed by atoms with E-state index in [0.29, 0.717) is 17.8 Å². The molecule has 3 atom stereocenters. The Bertz CT molecular complexity index is 667. The maximum absolute atomic E-state index is 12.7. The van der Waals surface area contributed by atoms with Gasteiger partial charge in [0.2, 0.25) is 11.8 Å². The van der Waals surface area contributed by atoms with Crippen molar-refractivity contribution >= 4 is 23.3 Å². The van der Waals surface area contributed by atoms with Crippen LogP contribution in [0.1, 0.15) is 17.3 Å². The van der Waals surface area contributed by atoms with Crippen molar-refractivity contribution in [2.24, 2.45) is 17.3 Å². The van der Waals surface area contributed by atoms with Gasteiger partial charge in [-0.25, -0.2) is 0 Å². The average Bonchev–Trinajstić information content (AvgIpc) is 3.13. The molecule has 0 spiro atoms. The van der Waals surface area contributed by atoms with Gasteiger partial charge in [-0.2, -0.15) is 0 Å². The fraction of sp³-hybridized carbons (Fsp3) is 0.312. The minimum Gasteiger partial charge on any atom is -0.352 e. The molecule has 3 rings (SSSR count). The lowest BCUT2D eigenvalue weighted by Gasteiger charge is -2.12. The van der Waals surface area contributed by atoms with E-state index in [9.17, 15) is 14.4 Å². The van der Waals surface area contributed by atoms with Crippen molar-refractivity contribution in [2.45, 2.75) is 6.92 Å². The Labute approximate surface area is 122 Å². The second-order valence-electron chi connectivity index (χ2n) is 5.64. The van der Waals surface area contributed by atoms with Crippen LogP contribution in [-0.4, -0.2) is 24.1 Å². The molecule has 1 aromatic carbocycles. The summed E-state index contributed by atoms with van der Waals surface area (Å²) in [5.41, 5.74) is 0.0307. The third kappa shape index (κ3) is 1.81. The fourth-order valence-corrected chi connectivity index (χ4v) is 3.22. The SMILES string of the molecule is C=CCNC(=O)[C@@H]1C2C(=O)Nc3ccccc3C(=O)[C@@]21C. The standard InChI is InChI=1S/C16H16N2O3/c1-3-8-17-14(20)11-12-15(21)18-10-7-5-4-6-9(10)13(19)16(11,12)2/h3-7,11-12H,1,8H2,2H3,(H,17,20)(H,18,21)/t11-,12?,16+/m0/s1. The van der Waals surface area contributed by atoms with Crippen LogP contribution in [0.15, 0.2) is 36.9 Å². The van der Waals surface area contributed by atoms with Crippen LogP contribution in [0.3, 0.4) is 0 Å². The van der Waals surface area contributed by atoms with Gasteiger partial charge in [0, 0.05) is 12.1 Å². The second kappa shape index (κ2) is 4.55. The van der Waals surface area contributed by atoms with Gasteiger partial charge in [-0.05, 0) is 12.1 Å². The fourth-order valence-electron chi connectivity index (χ4n) is 3.22. The molecule has 21 heavy (non-hydrogen) atoms. The smallest absolute Gasteiger partial charge is 0.229 e. The van der Waals surface area contributed by atoms with Gasteiger partial charge in [0.1, 0.15) is 0 Å². The lowest BCUT2D eigenvalue weighted by Crippen LogP contribution is -2.30. The Kier molecular flexibility index (Phi) is 2.93. The predicted molar refractivity (Wildman–Crippen MR) is 77.7 cm³/mol. The number of hydrogen-bond acceptors (Lipinski definition) is 3. The summed E-state index contributed by atoms with van der Waals surface area (Å²) in [5, 5.41) is 5.42. The van der Waals surface area contributed by atoms with Gasteiger partial charge < -0.3 is 10.6 Å². The van der Waals surface area contributed by atoms with Gasteiger partial charge in [0.25, 0.3) is 0 Å². The lowest BCUT2D eigenvalue weighted by atomic mass is 9.92. The summed E-state index contributed by atoms with van der Waals surface area (Å²) in [5.74, 6) is -1.92. The number of carbonyl (C=O) groups excluding carboxylic acids is 3. The molecule has 1 aromatic rings. The van der Waals surface area contributed by atoms with Crippen LogP contribution >= 0.6 is 0 Å². The maximum atomic E-state index is 12.7. The molecule has 2 N–H and O–H groups in total. The highest BCUT2D eigenvalue weighted by Gasteiger charge is 2.73. The van der Waals surface area contributed by atoms with Gasteiger partial charge >= 0.3 is 0 Å². The van der Waals surface area contributed by atoms with Crippen LogP contribution in [0.25, 0.3) is 0 Å². The molecule has 1 heterocycles. The highest BCUT2D eigenvalue weighted by molar-refractivity contribution is 6.19. The van der Waals surface area contributed by atoms with Crippen molar-refractivity contribution in [2.75, 3.05) is 11.9 Å². The van der Waals surface area contributed by atoms with Crippen molar-refractivity contribution in [3.63, 3.8) is 0 Å². The van der Waals surface area contributed by atoms with Crippen molar-refractivity contribution in [3.8, 4) is 0 Å². The summed E-state index contributed by atoms with van der Waals surface area (Å²) >= 11 is 0. The third-order valence-corrected chi connectivity index (χ3v) is 4.42. The highest BCUT2D eigenvalue weighted by atomic mass is 16.2. The quantitative estimate of drug-likeness (QED) is 0.823. The molecule has 1 fully saturated rings. The van der Waals surface area contributed by atoms with E-state index in [1.807, 2.05) is 0 Å². The highest BCUT2D eigenvalue weighted by Crippen LogP contribution is 2.62. The van der Waals surface area contributed by atoms with Crippen LogP contribution < -0.4 is 10.6 Å². The van der Waals surface area contributed by atoms with E-state index >= 15 is 0 Å². The van der Waals surface area contributed by atoms with Crippen molar-refractivity contribution < 1.29 is 14.4 Å². The molecule has 108 valence electrons. The van der Waals surface area contributed by atoms with E-state index in [2.05, 4.69) is 17.2 Å².